The molecule has 2 aromatic carbocycles. The molecular formula is C27H29ClN5O3S+. The summed E-state index contributed by atoms with van der Waals surface area (Å²) in [5.74, 6) is 0.0479. The van der Waals surface area contributed by atoms with Gasteiger partial charge in [-0.15, -0.1) is 10.2 Å². The number of nitrogens with one attached hydrogen (secondary N) is 2. The first-order chi connectivity index (χ1) is 17.9. The summed E-state index contributed by atoms with van der Waals surface area (Å²) in [7, 11) is 0. The van der Waals surface area contributed by atoms with Crippen LogP contribution in [0.15, 0.2) is 40.6 Å². The van der Waals surface area contributed by atoms with Gasteiger partial charge in [0, 0.05) is 11.8 Å². The van der Waals surface area contributed by atoms with Gasteiger partial charge in [-0.2, -0.15) is 0 Å². The molecule has 1 saturated heterocycles. The molecule has 0 aliphatic carbocycles. The van der Waals surface area contributed by atoms with Crippen LogP contribution in [-0.4, -0.2) is 40.3 Å². The van der Waals surface area contributed by atoms with Crippen molar-refractivity contribution in [3.05, 3.63) is 67.9 Å². The van der Waals surface area contributed by atoms with Gasteiger partial charge in [0.1, 0.15) is 11.3 Å². The molecule has 0 bridgehead atoms. The number of nitrogens with zero attached hydrogens (tertiary/aromatic N) is 2. The number of rotatable bonds is 7. The molecule has 1 aliphatic heterocycles. The number of ether oxygens (including phenoxy) is 1. The van der Waals surface area contributed by atoms with E-state index >= 15 is 0 Å². The molecule has 1 unspecified atom stereocenters. The Morgan fingerprint density at radius 3 is 2.73 bits per heavy atom. The summed E-state index contributed by atoms with van der Waals surface area (Å²) in [6, 6.07) is 9.80. The Labute approximate surface area is 223 Å². The van der Waals surface area contributed by atoms with Crippen LogP contribution in [0.1, 0.15) is 47.2 Å². The van der Waals surface area contributed by atoms with E-state index in [1.807, 2.05) is 26.0 Å². The van der Waals surface area contributed by atoms with Crippen molar-refractivity contribution in [2.24, 2.45) is 0 Å². The summed E-state index contributed by atoms with van der Waals surface area (Å²) in [5.41, 5.74) is 5.35. The summed E-state index contributed by atoms with van der Waals surface area (Å²) < 4.78 is 6.41. The highest BCUT2D eigenvalue weighted by molar-refractivity contribution is 7.13. The van der Waals surface area contributed by atoms with Crippen molar-refractivity contribution in [3.63, 3.8) is 0 Å². The van der Waals surface area contributed by atoms with E-state index in [1.54, 1.807) is 12.1 Å². The van der Waals surface area contributed by atoms with Gasteiger partial charge >= 0.3 is 0 Å². The first-order valence-corrected chi connectivity index (χ1v) is 13.7. The number of hydrogen-bond donors (Lipinski definition) is 3. The fourth-order valence-electron chi connectivity index (χ4n) is 4.98. The number of H-pyrrole nitrogens is 1. The number of piperidine rings is 1. The quantitative estimate of drug-likeness (QED) is 0.321. The van der Waals surface area contributed by atoms with E-state index in [0.717, 1.165) is 36.1 Å². The monoisotopic (exact) mass is 538 g/mol. The van der Waals surface area contributed by atoms with Crippen molar-refractivity contribution in [3.8, 4) is 16.9 Å². The smallest absolute Gasteiger partial charge is 0.260 e. The first kappa shape index (κ1) is 25.4. The lowest BCUT2D eigenvalue weighted by atomic mass is 9.98. The van der Waals surface area contributed by atoms with Crippen LogP contribution in [-0.2, 0) is 0 Å². The Hall–Kier alpha value is -3.27. The number of hydrogen-bond acceptors (Lipinski definition) is 6. The minimum Gasteiger partial charge on any atom is -0.492 e. The molecule has 4 N–H and O–H groups in total. The SMILES string of the molecule is Cc1cc(C)cc(-c2c(OCCC3CCCC[NH2+]3)c3cc(C(=O)Nc4nncs4)c(Cl)cc3[nH]c2=O)c1. The predicted octanol–water partition coefficient (Wildman–Crippen LogP) is 4.45. The number of halogens is 1. The van der Waals surface area contributed by atoms with Gasteiger partial charge in [0.05, 0.1) is 40.9 Å². The second-order valence-corrected chi connectivity index (χ2v) is 10.8. The standard InChI is InChI=1S/C27H28ClN5O3S/c1-15-9-16(2)11-17(10-15)23-24(36-8-6-18-5-3-4-7-29-18)20-12-19(21(28)13-22(20)31-26(23)35)25(34)32-27-33-30-14-37-27/h9-14,18,29H,3-8H2,1-2H3,(H,31,35)(H,32,33,34)/p+1. The molecular weight excluding hydrogens is 510 g/mol. The van der Waals surface area contributed by atoms with Crippen LogP contribution < -0.4 is 20.9 Å². The van der Waals surface area contributed by atoms with E-state index < -0.39 is 5.91 Å². The minimum atomic E-state index is -0.412. The number of fused-ring (bicyclic) bond motifs is 1. The van der Waals surface area contributed by atoms with Crippen molar-refractivity contribution in [1.82, 2.24) is 15.2 Å². The van der Waals surface area contributed by atoms with Crippen molar-refractivity contribution < 1.29 is 14.8 Å². The Balaban J connectivity index is 1.60. The fourth-order valence-corrected chi connectivity index (χ4v) is 5.67. The first-order valence-electron chi connectivity index (χ1n) is 12.4. The Morgan fingerprint density at radius 2 is 2.03 bits per heavy atom. The number of aromatic nitrogens is 3. The predicted molar refractivity (Wildman–Crippen MR) is 147 cm³/mol. The summed E-state index contributed by atoms with van der Waals surface area (Å²) in [6.07, 6.45) is 4.51. The average molecular weight is 539 g/mol. The van der Waals surface area contributed by atoms with Crippen LogP contribution in [0.25, 0.3) is 22.0 Å². The van der Waals surface area contributed by atoms with Gasteiger partial charge in [0.15, 0.2) is 0 Å². The van der Waals surface area contributed by atoms with Crippen LogP contribution in [0.2, 0.25) is 5.02 Å². The van der Waals surface area contributed by atoms with Gasteiger partial charge in [-0.1, -0.05) is 52.3 Å². The van der Waals surface area contributed by atoms with Crippen LogP contribution >= 0.6 is 22.9 Å². The largest absolute Gasteiger partial charge is 0.492 e. The van der Waals surface area contributed by atoms with Crippen LogP contribution in [0.5, 0.6) is 5.75 Å². The highest BCUT2D eigenvalue weighted by atomic mass is 35.5. The summed E-state index contributed by atoms with van der Waals surface area (Å²) in [5, 5.41) is 13.9. The molecule has 5 rings (SSSR count). The molecule has 37 heavy (non-hydrogen) atoms. The normalized spacial score (nSPS) is 15.6. The number of pyridine rings is 1. The second kappa shape index (κ2) is 11.0. The molecule has 192 valence electrons. The van der Waals surface area contributed by atoms with E-state index in [0.29, 0.717) is 40.0 Å². The van der Waals surface area contributed by atoms with Crippen molar-refractivity contribution in [1.29, 1.82) is 0 Å². The van der Waals surface area contributed by atoms with E-state index in [1.165, 1.54) is 29.7 Å². The summed E-state index contributed by atoms with van der Waals surface area (Å²) in [4.78, 5) is 29.4. The molecule has 0 saturated carbocycles. The Bertz CT molecular complexity index is 1480. The minimum absolute atomic E-state index is 0.215. The average Bonchev–Trinajstić information content (AvgIpc) is 3.36. The number of amides is 1. The number of aryl methyl sites for hydroxylation is 2. The van der Waals surface area contributed by atoms with Gasteiger partial charge in [0.25, 0.3) is 11.5 Å². The molecule has 3 heterocycles. The third-order valence-electron chi connectivity index (χ3n) is 6.65. The molecule has 1 aliphatic rings. The number of anilines is 1. The zero-order valence-corrected chi connectivity index (χ0v) is 22.3. The van der Waals surface area contributed by atoms with Crippen LogP contribution in [0.3, 0.4) is 0 Å². The van der Waals surface area contributed by atoms with Gasteiger partial charge < -0.3 is 15.0 Å². The van der Waals surface area contributed by atoms with Gasteiger partial charge in [-0.3, -0.25) is 14.9 Å². The van der Waals surface area contributed by atoms with Crippen LogP contribution in [0.4, 0.5) is 5.13 Å². The number of carbonyl (C=O) groups excluding carboxylic acids is 1. The highest BCUT2D eigenvalue weighted by Crippen LogP contribution is 2.36. The number of benzene rings is 2. The van der Waals surface area contributed by atoms with Crippen molar-refractivity contribution in [2.75, 3.05) is 18.5 Å². The van der Waals surface area contributed by atoms with Crippen LogP contribution in [0, 0.1) is 13.8 Å². The lowest BCUT2D eigenvalue weighted by Crippen LogP contribution is -2.91. The second-order valence-electron chi connectivity index (χ2n) is 9.53. The van der Waals surface area contributed by atoms with E-state index in [4.69, 9.17) is 16.3 Å². The lowest BCUT2D eigenvalue weighted by molar-refractivity contribution is -0.698. The molecule has 1 amide bonds. The molecule has 0 radical (unpaired) electrons. The molecule has 0 spiro atoms. The maximum Gasteiger partial charge on any atom is 0.260 e. The van der Waals surface area contributed by atoms with E-state index in [-0.39, 0.29) is 16.1 Å². The zero-order valence-electron chi connectivity index (χ0n) is 20.8. The topological polar surface area (TPSA) is 114 Å². The van der Waals surface area contributed by atoms with Gasteiger partial charge in [0.2, 0.25) is 5.13 Å². The third-order valence-corrected chi connectivity index (χ3v) is 7.57. The van der Waals surface area contributed by atoms with Gasteiger partial charge in [-0.25, -0.2) is 0 Å². The van der Waals surface area contributed by atoms with Crippen molar-refractivity contribution >= 4 is 44.9 Å². The Kier molecular flexibility index (Phi) is 7.55. The molecule has 10 heteroatoms. The third kappa shape index (κ3) is 5.69. The molecule has 1 atom stereocenters. The van der Waals surface area contributed by atoms with E-state index in [2.05, 4.69) is 31.9 Å². The number of aromatic amines is 1. The number of carbonyl (C=O) groups is 1. The van der Waals surface area contributed by atoms with Crippen molar-refractivity contribution in [2.45, 2.75) is 45.6 Å². The maximum absolute atomic E-state index is 13.4. The summed E-state index contributed by atoms with van der Waals surface area (Å²) >= 11 is 7.70. The highest BCUT2D eigenvalue weighted by Gasteiger charge is 2.22. The lowest BCUT2D eigenvalue weighted by Gasteiger charge is -2.21. The van der Waals surface area contributed by atoms with E-state index in [9.17, 15) is 9.59 Å². The molecule has 4 aromatic rings. The molecule has 8 nitrogen and oxygen atoms in total. The maximum atomic E-state index is 13.4. The number of nitrogens with two attached hydrogens (primary N) is 1. The summed E-state index contributed by atoms with van der Waals surface area (Å²) in [6.45, 7) is 5.60. The Morgan fingerprint density at radius 1 is 1.22 bits per heavy atom. The fraction of sp³-hybridized carbons (Fsp3) is 0.333. The molecule has 1 fully saturated rings. The number of quaternary nitrogens is 1. The molecule has 2 aromatic heterocycles. The van der Waals surface area contributed by atoms with Gasteiger partial charge in [-0.05, 0) is 50.8 Å². The zero-order chi connectivity index (χ0) is 25.9.